The number of hydrogen-bond donors (Lipinski definition) is 6. The Labute approximate surface area is 88.2 Å². The van der Waals surface area contributed by atoms with E-state index in [1.165, 1.54) is 0 Å². The molecule has 0 saturated carbocycles. The topological polar surface area (TPSA) is 173 Å². The molecule has 0 spiro atoms. The first-order chi connectivity index (χ1) is 7.20. The van der Waals surface area contributed by atoms with E-state index in [1.807, 2.05) is 0 Å². The Hall–Kier alpha value is -1.55. The number of carboxylic acid groups (broad SMARTS) is 2. The van der Waals surface area contributed by atoms with Crippen LogP contribution in [0.5, 0.6) is 0 Å². The Kier molecular flexibility index (Phi) is 4.98. The van der Waals surface area contributed by atoms with Gasteiger partial charge in [-0.1, -0.05) is 0 Å². The van der Waals surface area contributed by atoms with Gasteiger partial charge >= 0.3 is 11.9 Å². The minimum absolute atomic E-state index is 1.70. The highest BCUT2D eigenvalue weighted by Crippen LogP contribution is 2.04. The van der Waals surface area contributed by atoms with Crippen molar-refractivity contribution in [2.24, 2.45) is 0 Å². The number of carbonyl (C=O) groups is 3. The molecule has 9 heteroatoms. The molecule has 0 saturated heterocycles. The smallest absolute Gasteiger partial charge is 0.335 e. The molecule has 0 heterocycles. The molecule has 1 unspecified atom stereocenters. The predicted molar refractivity (Wildman–Crippen MR) is 44.3 cm³/mol. The van der Waals surface area contributed by atoms with Crippen LogP contribution in [0.1, 0.15) is 0 Å². The highest BCUT2D eigenvalue weighted by Gasteiger charge is 2.39. The molecule has 0 rings (SSSR count). The molecule has 0 aromatic rings. The van der Waals surface area contributed by atoms with E-state index >= 15 is 0 Å². The number of ketones is 1. The Morgan fingerprint density at radius 1 is 0.625 bits per heavy atom. The van der Waals surface area contributed by atoms with Crippen molar-refractivity contribution in [3.63, 3.8) is 0 Å². The molecule has 9 nitrogen and oxygen atoms in total. The predicted octanol–water partition coefficient (Wildman–Crippen LogP) is -3.83. The van der Waals surface area contributed by atoms with Gasteiger partial charge in [-0.05, 0) is 0 Å². The molecule has 0 radical (unpaired) electrons. The molecule has 0 aromatic carbocycles. The van der Waals surface area contributed by atoms with Crippen molar-refractivity contribution >= 4 is 17.7 Å². The van der Waals surface area contributed by atoms with Crippen LogP contribution in [0.3, 0.4) is 0 Å². The molecule has 0 aliphatic rings. The van der Waals surface area contributed by atoms with E-state index in [2.05, 4.69) is 0 Å². The monoisotopic (exact) mass is 238 g/mol. The second kappa shape index (κ2) is 5.51. The molecular weight excluding hydrogens is 228 g/mol. The third-order valence-electron chi connectivity index (χ3n) is 1.69. The number of Topliss-reactive ketones (excluding diaryl/α,β-unsaturated/α-hetero) is 1. The molecule has 0 aromatic heterocycles. The number of aliphatic hydroxyl groups excluding tert-OH is 4. The number of carbonyl (C=O) groups excluding carboxylic acids is 1. The molecule has 92 valence electrons. The van der Waals surface area contributed by atoms with Crippen LogP contribution in [-0.2, 0) is 14.4 Å². The van der Waals surface area contributed by atoms with Crippen molar-refractivity contribution in [2.45, 2.75) is 24.4 Å². The van der Waals surface area contributed by atoms with Crippen LogP contribution >= 0.6 is 0 Å². The van der Waals surface area contributed by atoms with Crippen LogP contribution in [0, 0.1) is 0 Å². The lowest BCUT2D eigenvalue weighted by Crippen LogP contribution is -2.49. The summed E-state index contributed by atoms with van der Waals surface area (Å²) in [6.45, 7) is 0. The maximum atomic E-state index is 11.0. The van der Waals surface area contributed by atoms with E-state index in [4.69, 9.17) is 30.6 Å². The van der Waals surface area contributed by atoms with Crippen LogP contribution < -0.4 is 0 Å². The molecule has 0 aliphatic heterocycles. The summed E-state index contributed by atoms with van der Waals surface area (Å²) in [4.78, 5) is 31.3. The zero-order valence-corrected chi connectivity index (χ0v) is 7.72. The van der Waals surface area contributed by atoms with E-state index in [-0.39, 0.29) is 0 Å². The largest absolute Gasteiger partial charge is 0.479 e. The minimum Gasteiger partial charge on any atom is -0.479 e. The van der Waals surface area contributed by atoms with Gasteiger partial charge in [-0.15, -0.1) is 0 Å². The highest BCUT2D eigenvalue weighted by atomic mass is 16.4. The Balaban J connectivity index is 4.67. The van der Waals surface area contributed by atoms with Gasteiger partial charge in [0.1, 0.15) is 0 Å². The van der Waals surface area contributed by atoms with Gasteiger partial charge in [0, 0.05) is 0 Å². The van der Waals surface area contributed by atoms with Gasteiger partial charge < -0.3 is 30.6 Å². The molecule has 0 fully saturated rings. The van der Waals surface area contributed by atoms with E-state index in [9.17, 15) is 14.4 Å². The van der Waals surface area contributed by atoms with Gasteiger partial charge in [0.15, 0.2) is 30.2 Å². The number of aliphatic carboxylic acids is 2. The van der Waals surface area contributed by atoms with Gasteiger partial charge in [-0.25, -0.2) is 9.59 Å². The average Bonchev–Trinajstić information content (AvgIpc) is 2.23. The quantitative estimate of drug-likeness (QED) is 0.271. The number of carboxylic acids is 2. The van der Waals surface area contributed by atoms with E-state index in [0.717, 1.165) is 0 Å². The summed E-state index contributed by atoms with van der Waals surface area (Å²) in [6, 6.07) is 0. The van der Waals surface area contributed by atoms with Crippen LogP contribution in [0.25, 0.3) is 0 Å². The van der Waals surface area contributed by atoms with E-state index in [1.54, 1.807) is 0 Å². The third-order valence-corrected chi connectivity index (χ3v) is 1.69. The molecule has 4 atom stereocenters. The Morgan fingerprint density at radius 3 is 1.06 bits per heavy atom. The van der Waals surface area contributed by atoms with Crippen LogP contribution in [0.2, 0.25) is 0 Å². The van der Waals surface area contributed by atoms with Crippen molar-refractivity contribution < 1.29 is 45.0 Å². The Bertz CT molecular complexity index is 270. The maximum absolute atomic E-state index is 11.0. The lowest BCUT2D eigenvalue weighted by Gasteiger charge is -2.18. The summed E-state index contributed by atoms with van der Waals surface area (Å²) in [5.74, 6) is -5.57. The first-order valence-corrected chi connectivity index (χ1v) is 3.91. The molecule has 0 amide bonds. The van der Waals surface area contributed by atoms with Crippen LogP contribution in [-0.4, -0.2) is 72.8 Å². The molecular formula is C7H10O9. The first kappa shape index (κ1) is 14.5. The average molecular weight is 238 g/mol. The second-order valence-corrected chi connectivity index (χ2v) is 2.86. The summed E-state index contributed by atoms with van der Waals surface area (Å²) in [5, 5.41) is 51.7. The summed E-state index contributed by atoms with van der Waals surface area (Å²) in [7, 11) is 0. The van der Waals surface area contributed by atoms with Crippen LogP contribution in [0.4, 0.5) is 0 Å². The zero-order valence-electron chi connectivity index (χ0n) is 7.72. The van der Waals surface area contributed by atoms with Crippen molar-refractivity contribution in [3.8, 4) is 0 Å². The summed E-state index contributed by atoms with van der Waals surface area (Å²) in [5.41, 5.74) is 0. The van der Waals surface area contributed by atoms with Crippen molar-refractivity contribution in [3.05, 3.63) is 0 Å². The van der Waals surface area contributed by atoms with Crippen LogP contribution in [0.15, 0.2) is 0 Å². The van der Waals surface area contributed by atoms with Gasteiger partial charge in [0.2, 0.25) is 0 Å². The van der Waals surface area contributed by atoms with Gasteiger partial charge in [-0.3, -0.25) is 4.79 Å². The Morgan fingerprint density at radius 2 is 0.875 bits per heavy atom. The second-order valence-electron chi connectivity index (χ2n) is 2.86. The van der Waals surface area contributed by atoms with Gasteiger partial charge in [0.25, 0.3) is 0 Å². The minimum atomic E-state index is -2.53. The van der Waals surface area contributed by atoms with Crippen molar-refractivity contribution in [2.75, 3.05) is 0 Å². The highest BCUT2D eigenvalue weighted by molar-refractivity contribution is 5.95. The molecule has 0 bridgehead atoms. The fourth-order valence-electron chi connectivity index (χ4n) is 0.756. The van der Waals surface area contributed by atoms with Crippen molar-refractivity contribution in [1.29, 1.82) is 0 Å². The van der Waals surface area contributed by atoms with Crippen molar-refractivity contribution in [1.82, 2.24) is 0 Å². The lowest BCUT2D eigenvalue weighted by atomic mass is 10.0. The summed E-state index contributed by atoms with van der Waals surface area (Å²) in [6.07, 6.45) is -10.1. The normalized spacial score (nSPS) is 18.2. The molecule has 0 aliphatic carbocycles. The fraction of sp³-hybridized carbons (Fsp3) is 0.571. The van der Waals surface area contributed by atoms with E-state index < -0.39 is 42.1 Å². The molecule has 16 heavy (non-hydrogen) atoms. The maximum Gasteiger partial charge on any atom is 0.335 e. The first-order valence-electron chi connectivity index (χ1n) is 3.91. The third kappa shape index (κ3) is 3.24. The van der Waals surface area contributed by atoms with E-state index in [0.29, 0.717) is 0 Å². The van der Waals surface area contributed by atoms with Gasteiger partial charge in [0.05, 0.1) is 0 Å². The zero-order chi connectivity index (χ0) is 13.0. The summed E-state index contributed by atoms with van der Waals surface area (Å²) >= 11 is 0. The SMILES string of the molecule is O=C(O)C(O)[C@H](O)C(=O)[C@@H](O)[C@H](O)C(=O)O. The summed E-state index contributed by atoms with van der Waals surface area (Å²) < 4.78 is 0. The number of rotatable bonds is 6. The van der Waals surface area contributed by atoms with Gasteiger partial charge in [-0.2, -0.15) is 0 Å². The fourth-order valence-corrected chi connectivity index (χ4v) is 0.756. The number of hydrogen-bond acceptors (Lipinski definition) is 7. The standard InChI is InChI=1S/C7H10O9/c8-1(2(9)4(11)6(13)14)3(10)5(12)7(15)16/h2-5,9-12H,(H,13,14)(H,15,16)/t2-,3-,4+,5?/m1/s1. The lowest BCUT2D eigenvalue weighted by molar-refractivity contribution is -0.167. The molecule has 6 N–H and O–H groups in total. The number of aliphatic hydroxyl groups is 4.